The van der Waals surface area contributed by atoms with E-state index in [1.807, 2.05) is 18.2 Å². The van der Waals surface area contributed by atoms with Crippen molar-refractivity contribution in [1.29, 1.82) is 5.26 Å². The number of nitrogen functional groups attached to an aromatic ring is 1. The Kier molecular flexibility index (Phi) is 6.86. The fourth-order valence-corrected chi connectivity index (χ4v) is 4.03. The van der Waals surface area contributed by atoms with Crippen LogP contribution in [0, 0.1) is 11.5 Å². The summed E-state index contributed by atoms with van der Waals surface area (Å²) in [6, 6.07) is 13.9. The zero-order valence-corrected chi connectivity index (χ0v) is 17.1. The fourth-order valence-electron chi connectivity index (χ4n) is 4.03. The van der Waals surface area contributed by atoms with Crippen LogP contribution in [0.3, 0.4) is 0 Å². The molecule has 0 radical (unpaired) electrons. The molecule has 0 aliphatic heterocycles. The molecule has 2 aromatic rings. The monoisotopic (exact) mass is 405 g/mol. The molecule has 156 valence electrons. The zero-order valence-electron chi connectivity index (χ0n) is 17.1. The van der Waals surface area contributed by atoms with Crippen molar-refractivity contribution < 1.29 is 4.79 Å². The summed E-state index contributed by atoms with van der Waals surface area (Å²) in [7, 11) is 1.74. The molecule has 1 aliphatic rings. The van der Waals surface area contributed by atoms with Gasteiger partial charge in [0.1, 0.15) is 5.82 Å². The maximum Gasteiger partial charge on any atom is 0.255 e. The second-order valence-electron chi connectivity index (χ2n) is 7.49. The highest BCUT2D eigenvalue weighted by Crippen LogP contribution is 2.39. The highest BCUT2D eigenvalue weighted by Gasteiger charge is 2.37. The van der Waals surface area contributed by atoms with Crippen molar-refractivity contribution in [3.8, 4) is 6.19 Å². The van der Waals surface area contributed by atoms with Crippen LogP contribution < -0.4 is 21.7 Å². The number of benzene rings is 1. The van der Waals surface area contributed by atoms with Crippen molar-refractivity contribution in [3.05, 3.63) is 59.8 Å². The number of aliphatic imine (C=N–C) groups is 1. The minimum atomic E-state index is -0.213. The first-order valence-corrected chi connectivity index (χ1v) is 10.0. The number of aromatic nitrogens is 1. The number of pyridine rings is 1. The minimum absolute atomic E-state index is 0.168. The molecule has 0 spiro atoms. The van der Waals surface area contributed by atoms with Gasteiger partial charge < -0.3 is 21.7 Å². The second kappa shape index (κ2) is 9.74. The quantitative estimate of drug-likeness (QED) is 0.342. The van der Waals surface area contributed by atoms with Gasteiger partial charge in [-0.2, -0.15) is 5.26 Å². The first kappa shape index (κ1) is 21.1. The molecule has 1 aromatic heterocycles. The molecule has 5 N–H and O–H groups in total. The lowest BCUT2D eigenvalue weighted by Gasteiger charge is -2.41. The van der Waals surface area contributed by atoms with Crippen LogP contribution in [-0.4, -0.2) is 36.5 Å². The Morgan fingerprint density at radius 2 is 2.00 bits per heavy atom. The topological polar surface area (TPSA) is 128 Å². The molecule has 1 saturated carbocycles. The third kappa shape index (κ3) is 4.87. The van der Waals surface area contributed by atoms with E-state index in [1.165, 1.54) is 5.56 Å². The molecular weight excluding hydrogens is 378 g/mol. The number of carbonyl (C=O) groups excluding carboxylic acids is 1. The largest absolute Gasteiger partial charge is 0.383 e. The van der Waals surface area contributed by atoms with E-state index < -0.39 is 0 Å². The van der Waals surface area contributed by atoms with Gasteiger partial charge in [-0.3, -0.25) is 4.79 Å². The highest BCUT2D eigenvalue weighted by atomic mass is 16.1. The number of hydrogen-bond donors (Lipinski definition) is 4. The van der Waals surface area contributed by atoms with Gasteiger partial charge in [-0.15, -0.1) is 4.99 Å². The van der Waals surface area contributed by atoms with Gasteiger partial charge >= 0.3 is 0 Å². The molecule has 1 fully saturated rings. The van der Waals surface area contributed by atoms with Crippen LogP contribution in [0.4, 0.5) is 5.82 Å². The summed E-state index contributed by atoms with van der Waals surface area (Å²) in [5.74, 6) is 0.498. The van der Waals surface area contributed by atoms with Crippen molar-refractivity contribution in [1.82, 2.24) is 20.9 Å². The summed E-state index contributed by atoms with van der Waals surface area (Å²) < 4.78 is 0. The van der Waals surface area contributed by atoms with E-state index in [-0.39, 0.29) is 23.2 Å². The van der Waals surface area contributed by atoms with Crippen molar-refractivity contribution >= 4 is 17.7 Å². The van der Waals surface area contributed by atoms with Gasteiger partial charge in [0.15, 0.2) is 0 Å². The Balaban J connectivity index is 1.73. The first-order valence-electron chi connectivity index (χ1n) is 10.0. The maximum atomic E-state index is 12.7. The number of rotatable bonds is 5. The molecule has 1 aromatic carbocycles. The smallest absolute Gasteiger partial charge is 0.255 e. The lowest BCUT2D eigenvalue weighted by Crippen LogP contribution is -2.49. The second-order valence-corrected chi connectivity index (χ2v) is 7.49. The number of nitrogens with one attached hydrogen (secondary N) is 3. The Morgan fingerprint density at radius 3 is 2.63 bits per heavy atom. The number of anilines is 1. The molecule has 30 heavy (non-hydrogen) atoms. The lowest BCUT2D eigenvalue weighted by molar-refractivity contribution is 0.0935. The predicted molar refractivity (Wildman–Crippen MR) is 117 cm³/mol. The van der Waals surface area contributed by atoms with Crippen LogP contribution in [0.25, 0.3) is 0 Å². The third-order valence-corrected chi connectivity index (χ3v) is 5.74. The van der Waals surface area contributed by atoms with Crippen LogP contribution in [0.15, 0.2) is 53.7 Å². The van der Waals surface area contributed by atoms with E-state index in [1.54, 1.807) is 31.6 Å². The van der Waals surface area contributed by atoms with Crippen LogP contribution in [-0.2, 0) is 5.41 Å². The van der Waals surface area contributed by atoms with E-state index in [2.05, 4.69) is 38.1 Å². The van der Waals surface area contributed by atoms with Crippen molar-refractivity contribution in [2.75, 3.05) is 19.3 Å². The predicted octanol–water partition coefficient (Wildman–Crippen LogP) is 1.92. The summed E-state index contributed by atoms with van der Waals surface area (Å²) in [4.78, 5) is 20.5. The summed E-state index contributed by atoms with van der Waals surface area (Å²) in [6.45, 7) is 0.516. The summed E-state index contributed by atoms with van der Waals surface area (Å²) in [6.07, 6.45) is 6.94. The zero-order chi connectivity index (χ0) is 21.4. The number of carbonyl (C=O) groups is 1. The lowest BCUT2D eigenvalue weighted by atomic mass is 9.68. The summed E-state index contributed by atoms with van der Waals surface area (Å²) >= 11 is 0. The minimum Gasteiger partial charge on any atom is -0.383 e. The third-order valence-electron chi connectivity index (χ3n) is 5.74. The number of guanidine groups is 1. The Morgan fingerprint density at radius 1 is 1.27 bits per heavy atom. The maximum absolute atomic E-state index is 12.7. The molecule has 1 heterocycles. The van der Waals surface area contributed by atoms with E-state index in [0.29, 0.717) is 18.1 Å². The van der Waals surface area contributed by atoms with E-state index in [9.17, 15) is 4.79 Å². The van der Waals surface area contributed by atoms with E-state index in [0.717, 1.165) is 25.7 Å². The molecule has 3 rings (SSSR count). The normalized spacial score (nSPS) is 21.3. The molecule has 8 nitrogen and oxygen atoms in total. The average Bonchev–Trinajstić information content (AvgIpc) is 2.79. The number of hydrogen-bond acceptors (Lipinski definition) is 5. The fraction of sp³-hybridized carbons (Fsp3) is 0.364. The summed E-state index contributed by atoms with van der Waals surface area (Å²) in [5, 5.41) is 18.1. The van der Waals surface area contributed by atoms with Gasteiger partial charge in [0.05, 0.1) is 5.56 Å². The van der Waals surface area contributed by atoms with Crippen LogP contribution in [0.1, 0.15) is 41.6 Å². The summed E-state index contributed by atoms with van der Waals surface area (Å²) in [5.41, 5.74) is 7.29. The molecule has 8 heteroatoms. The number of amides is 1. The van der Waals surface area contributed by atoms with Crippen molar-refractivity contribution in [2.45, 2.75) is 37.1 Å². The SMILES string of the molecule is CN/C(=N\C#N)N[C@H]1CC[C@](CNC(=O)c2cccnc2N)(c2ccccc2)CC1. The molecule has 0 bridgehead atoms. The van der Waals surface area contributed by atoms with Crippen LogP contribution in [0.5, 0.6) is 0 Å². The first-order chi connectivity index (χ1) is 14.6. The van der Waals surface area contributed by atoms with E-state index >= 15 is 0 Å². The van der Waals surface area contributed by atoms with Crippen molar-refractivity contribution in [3.63, 3.8) is 0 Å². The number of nitriles is 1. The molecule has 0 unspecified atom stereocenters. The van der Waals surface area contributed by atoms with Gasteiger partial charge in [-0.25, -0.2) is 4.98 Å². The van der Waals surface area contributed by atoms with Gasteiger partial charge in [-0.1, -0.05) is 30.3 Å². The average molecular weight is 406 g/mol. The molecule has 1 amide bonds. The molecule has 0 atom stereocenters. The number of nitrogens with two attached hydrogens (primary N) is 1. The van der Waals surface area contributed by atoms with Gasteiger partial charge in [-0.05, 0) is 43.4 Å². The van der Waals surface area contributed by atoms with Gasteiger partial charge in [0.2, 0.25) is 12.2 Å². The van der Waals surface area contributed by atoms with Crippen LogP contribution in [0.2, 0.25) is 0 Å². The van der Waals surface area contributed by atoms with Crippen LogP contribution >= 0.6 is 0 Å². The molecular formula is C22H27N7O. The standard InChI is InChI=1S/C22H27N7O/c1-25-21(28-15-23)29-17-9-11-22(12-10-17,16-6-3-2-4-7-16)14-27-20(30)18-8-5-13-26-19(18)24/h2-8,13,17H,9-12,14H2,1H3,(H2,24,26)(H,27,30)(H2,25,28,29)/t17-,22-. The van der Waals surface area contributed by atoms with E-state index in [4.69, 9.17) is 11.0 Å². The van der Waals surface area contributed by atoms with Gasteiger partial charge in [0, 0.05) is 31.2 Å². The van der Waals surface area contributed by atoms with Gasteiger partial charge in [0.25, 0.3) is 5.91 Å². The Hall–Kier alpha value is -3.60. The molecule has 1 aliphatic carbocycles. The van der Waals surface area contributed by atoms with Crippen molar-refractivity contribution in [2.24, 2.45) is 4.99 Å². The highest BCUT2D eigenvalue weighted by molar-refractivity contribution is 5.98. The molecule has 0 saturated heterocycles. The number of nitrogens with zero attached hydrogens (tertiary/aromatic N) is 3. The Bertz CT molecular complexity index is 928. The Labute approximate surface area is 176 Å².